The summed E-state index contributed by atoms with van der Waals surface area (Å²) in [5, 5.41) is 3.04. The number of carbonyl (C=O) groups is 3. The average molecular weight is 1110 g/mol. The second kappa shape index (κ2) is 20.8. The first-order valence-electron chi connectivity index (χ1n) is 24.8. The van der Waals surface area contributed by atoms with Gasteiger partial charge in [-0.2, -0.15) is 0 Å². The lowest BCUT2D eigenvalue weighted by molar-refractivity contribution is -0.130. The van der Waals surface area contributed by atoms with E-state index in [1.54, 1.807) is 118 Å². The van der Waals surface area contributed by atoms with Crippen LogP contribution in [0.25, 0.3) is 66.1 Å². The number of fused-ring (bicyclic) bond motifs is 3. The molecule has 3 N–H and O–H groups in total. The van der Waals surface area contributed by atoms with Crippen molar-refractivity contribution in [2.24, 2.45) is 0 Å². The van der Waals surface area contributed by atoms with Crippen molar-refractivity contribution in [3.8, 4) is 67.9 Å². The van der Waals surface area contributed by atoms with Gasteiger partial charge in [0.05, 0.1) is 75.4 Å². The van der Waals surface area contributed by atoms with Gasteiger partial charge in [-0.1, -0.05) is 71.2 Å². The summed E-state index contributed by atoms with van der Waals surface area (Å²) in [5.74, 6) is -2.83. The molecule has 0 fully saturated rings. The second-order valence-electron chi connectivity index (χ2n) is 19.6. The molecule has 1 aliphatic rings. The molecule has 6 bridgehead atoms. The minimum absolute atomic E-state index is 0.284. The number of likely N-dealkylation sites (N-methyl/N-ethyl adjacent to an activating group) is 3. The number of halogens is 3. The highest BCUT2D eigenvalue weighted by atomic mass is 35.5. The molecule has 0 spiro atoms. The summed E-state index contributed by atoms with van der Waals surface area (Å²) >= 11 is 19.9. The van der Waals surface area contributed by atoms with Gasteiger partial charge in [0, 0.05) is 126 Å². The normalized spacial score (nSPS) is 14.9. The number of methoxy groups -OCH3 is 6. The number of hydrogen-bond donors (Lipinski definition) is 3. The number of nitrogens with zero attached hydrogens (tertiary/aromatic N) is 3. The molecule has 0 radical (unpaired) electrons. The van der Waals surface area contributed by atoms with Gasteiger partial charge in [-0.15, -0.1) is 0 Å². The molecule has 0 aliphatic carbocycles. The van der Waals surface area contributed by atoms with E-state index in [0.29, 0.717) is 132 Å². The van der Waals surface area contributed by atoms with Crippen LogP contribution >= 0.6 is 34.8 Å². The van der Waals surface area contributed by atoms with E-state index in [0.717, 1.165) is 0 Å². The largest absolute Gasteiger partial charge is 0.496 e. The molecule has 10 rings (SSSR count). The highest BCUT2D eigenvalue weighted by Crippen LogP contribution is 2.57. The van der Waals surface area contributed by atoms with Gasteiger partial charge in [-0.25, -0.2) is 0 Å². The van der Waals surface area contributed by atoms with Gasteiger partial charge in [-0.3, -0.25) is 14.4 Å². The van der Waals surface area contributed by atoms with E-state index < -0.39 is 17.8 Å². The predicted molar refractivity (Wildman–Crippen MR) is 307 cm³/mol. The number of amides is 3. The Morgan fingerprint density at radius 3 is 0.782 bits per heavy atom. The van der Waals surface area contributed by atoms with Gasteiger partial charge in [0.15, 0.2) is 0 Å². The molecule has 0 saturated carbocycles. The summed E-state index contributed by atoms with van der Waals surface area (Å²) in [5.41, 5.74) is 7.31. The molecular weight excluding hydrogens is 1060 g/mol. The number of ether oxygens (including phenoxy) is 6. The van der Waals surface area contributed by atoms with Crippen LogP contribution < -0.4 is 28.4 Å². The van der Waals surface area contributed by atoms with Gasteiger partial charge in [0.2, 0.25) is 17.7 Å². The summed E-state index contributed by atoms with van der Waals surface area (Å²) in [7, 11) is 19.4. The molecule has 3 aromatic heterocycles. The lowest BCUT2D eigenvalue weighted by Gasteiger charge is -2.25. The maximum Gasteiger partial charge on any atom is 0.235 e. The molecule has 0 saturated heterocycles. The first kappa shape index (κ1) is 53.4. The third-order valence-corrected chi connectivity index (χ3v) is 15.5. The van der Waals surface area contributed by atoms with Crippen LogP contribution in [0.4, 0.5) is 0 Å². The number of carbonyl (C=O) groups excluding carboxylic acids is 3. The van der Waals surface area contributed by atoms with Gasteiger partial charge >= 0.3 is 0 Å². The average Bonchev–Trinajstić information content (AvgIpc) is 4.24. The first-order valence-corrected chi connectivity index (χ1v) is 25.9. The van der Waals surface area contributed by atoms with Crippen LogP contribution in [-0.2, 0) is 14.4 Å². The van der Waals surface area contributed by atoms with Gasteiger partial charge in [-0.05, 0) is 53.1 Å². The number of nitrogens with one attached hydrogen (secondary N) is 3. The third kappa shape index (κ3) is 8.46. The molecule has 78 heavy (non-hydrogen) atoms. The number of aromatic amines is 3. The lowest BCUT2D eigenvalue weighted by atomic mass is 9.84. The summed E-state index contributed by atoms with van der Waals surface area (Å²) in [6.07, 6.45) is 0. The van der Waals surface area contributed by atoms with E-state index in [2.05, 4.69) is 15.0 Å². The van der Waals surface area contributed by atoms with Crippen molar-refractivity contribution < 1.29 is 42.8 Å². The smallest absolute Gasteiger partial charge is 0.235 e. The minimum atomic E-state index is -1.24. The summed E-state index contributed by atoms with van der Waals surface area (Å²) in [6.45, 7) is 0. The molecule has 4 heterocycles. The summed E-state index contributed by atoms with van der Waals surface area (Å²) in [6, 6.07) is 27.1. The number of hydrogen-bond acceptors (Lipinski definition) is 9. The highest BCUT2D eigenvalue weighted by molar-refractivity contribution is 6.31. The zero-order valence-electron chi connectivity index (χ0n) is 45.0. The van der Waals surface area contributed by atoms with Crippen LogP contribution in [0.5, 0.6) is 34.5 Å². The van der Waals surface area contributed by atoms with Gasteiger partial charge < -0.3 is 58.1 Å². The molecule has 18 heteroatoms. The fraction of sp³-hybridized carbons (Fsp3) is 0.250. The van der Waals surface area contributed by atoms with Crippen molar-refractivity contribution >= 4 is 85.2 Å². The Bertz CT molecular complexity index is 3460. The van der Waals surface area contributed by atoms with E-state index >= 15 is 14.4 Å². The Labute approximate surface area is 465 Å². The first-order chi connectivity index (χ1) is 37.4. The molecular formula is C60H57Cl3N6O9. The molecule has 15 nitrogen and oxygen atoms in total. The Balaban J connectivity index is 1.59. The second-order valence-corrected chi connectivity index (χ2v) is 20.9. The standard InChI is InChI=1S/C60H57Cl3N6O9/c1-67(2)58(70)49-46-37(76-10)25-34(73-7)44-41(29-15-21-32(62)22-16-29)53(65-55(44)46)51(60(72)69(5)6)48-39(78-12)27-36(75-9)45-42(30-17-23-33(63)24-18-30)54(66-57(45)48)50(59(71)68(3)4)47-38(77-11)26-35(74-8)43-40(52(49)64-56(43)47)28-13-19-31(61)20-14-28/h13-27,49-51,64-66H,1-12H3. The predicted octanol–water partition coefficient (Wildman–Crippen LogP) is 12.1. The van der Waals surface area contributed by atoms with Crippen LogP contribution in [-0.4, -0.2) is 132 Å². The lowest BCUT2D eigenvalue weighted by Crippen LogP contribution is -2.30. The number of benzene rings is 6. The van der Waals surface area contributed by atoms with Crippen molar-refractivity contribution in [3.05, 3.63) is 140 Å². The fourth-order valence-electron chi connectivity index (χ4n) is 11.3. The fourth-order valence-corrected chi connectivity index (χ4v) is 11.7. The molecule has 9 aromatic rings. The topological polar surface area (TPSA) is 164 Å². The Morgan fingerprint density at radius 1 is 0.372 bits per heavy atom. The SMILES string of the molecule is COc1cc(OC)c2c(-c3ccc(Cl)cc3)c3[nH]c2c1C(C(=O)N(C)C)c1[nH]c2c(c(OC)cc(OC)c2c1-c1ccc(Cl)cc1)C(C(=O)N(C)C)c1[nH]c2c(c(OC)cc(OC)c2c1-c1ccc(Cl)cc1)C3C(=O)N(C)C. The van der Waals surface area contributed by atoms with Gasteiger partial charge in [0.1, 0.15) is 52.3 Å². The molecule has 402 valence electrons. The van der Waals surface area contributed by atoms with Crippen LogP contribution in [0.2, 0.25) is 15.1 Å². The number of rotatable bonds is 12. The van der Waals surface area contributed by atoms with Crippen molar-refractivity contribution in [2.75, 3.05) is 84.9 Å². The Kier molecular flexibility index (Phi) is 14.2. The number of H-pyrrole nitrogens is 3. The van der Waals surface area contributed by atoms with Crippen LogP contribution in [0, 0.1) is 0 Å². The molecule has 3 atom stereocenters. The van der Waals surface area contributed by atoms with E-state index in [-0.39, 0.29) is 35.0 Å². The summed E-state index contributed by atoms with van der Waals surface area (Å²) < 4.78 is 38.2. The Morgan fingerprint density at radius 2 is 0.590 bits per heavy atom. The maximum atomic E-state index is 15.9. The molecule has 6 aromatic carbocycles. The number of aromatic nitrogens is 3. The zero-order chi connectivity index (χ0) is 55.8. The third-order valence-electron chi connectivity index (χ3n) is 14.7. The molecule has 3 unspecified atom stereocenters. The van der Waals surface area contributed by atoms with Crippen LogP contribution in [0.1, 0.15) is 51.5 Å². The van der Waals surface area contributed by atoms with Crippen molar-refractivity contribution in [1.29, 1.82) is 0 Å². The van der Waals surface area contributed by atoms with Crippen molar-refractivity contribution in [2.45, 2.75) is 17.8 Å². The maximum absolute atomic E-state index is 15.9. The minimum Gasteiger partial charge on any atom is -0.496 e. The zero-order valence-corrected chi connectivity index (χ0v) is 47.3. The summed E-state index contributed by atoms with van der Waals surface area (Å²) in [4.78, 5) is 63.7. The van der Waals surface area contributed by atoms with Crippen LogP contribution in [0.15, 0.2) is 91.0 Å². The monoisotopic (exact) mass is 1110 g/mol. The molecule has 1 aliphatic heterocycles. The van der Waals surface area contributed by atoms with Crippen LogP contribution in [0.3, 0.4) is 0 Å². The Hall–Kier alpha value is -7.98. The molecule has 3 amide bonds. The van der Waals surface area contributed by atoms with E-state index in [1.807, 2.05) is 36.4 Å². The highest BCUT2D eigenvalue weighted by Gasteiger charge is 2.44. The van der Waals surface area contributed by atoms with Crippen molar-refractivity contribution in [1.82, 2.24) is 29.7 Å². The van der Waals surface area contributed by atoms with Crippen molar-refractivity contribution in [3.63, 3.8) is 0 Å². The van der Waals surface area contributed by atoms with Gasteiger partial charge in [0.25, 0.3) is 0 Å². The quantitative estimate of drug-likeness (QED) is 0.108. The van der Waals surface area contributed by atoms with E-state index in [4.69, 9.17) is 63.2 Å². The van der Waals surface area contributed by atoms with E-state index in [1.165, 1.54) is 36.0 Å². The van der Waals surface area contributed by atoms with E-state index in [9.17, 15) is 0 Å².